The lowest BCUT2D eigenvalue weighted by Gasteiger charge is -2.05. The van der Waals surface area contributed by atoms with Crippen molar-refractivity contribution in [2.75, 3.05) is 0 Å². The van der Waals surface area contributed by atoms with Gasteiger partial charge in [0.05, 0.1) is 6.07 Å². The van der Waals surface area contributed by atoms with Gasteiger partial charge in [-0.2, -0.15) is 5.26 Å². The van der Waals surface area contributed by atoms with E-state index >= 15 is 0 Å². The van der Waals surface area contributed by atoms with Gasteiger partial charge in [0, 0.05) is 10.0 Å². The summed E-state index contributed by atoms with van der Waals surface area (Å²) in [6.07, 6.45) is 0. The Morgan fingerprint density at radius 2 is 2.25 bits per heavy atom. The first-order valence-corrected chi connectivity index (χ1v) is 4.04. The minimum atomic E-state index is -0.782. The molecule has 0 spiro atoms. The summed E-state index contributed by atoms with van der Waals surface area (Å²) in [5.74, 6) is -0.390. The van der Waals surface area contributed by atoms with E-state index in [1.807, 2.05) is 6.07 Å². The monoisotopic (exact) mass is 228 g/mol. The molecule has 0 aliphatic carbocycles. The van der Waals surface area contributed by atoms with Crippen LogP contribution in [-0.2, 0) is 0 Å². The molecule has 2 nitrogen and oxygen atoms in total. The molecule has 2 N–H and O–H groups in total. The molecule has 0 saturated carbocycles. The molecule has 1 unspecified atom stereocenters. The molecule has 12 heavy (non-hydrogen) atoms. The zero-order chi connectivity index (χ0) is 9.14. The third-order valence-electron chi connectivity index (χ3n) is 1.43. The highest BCUT2D eigenvalue weighted by molar-refractivity contribution is 9.10. The predicted octanol–water partition coefficient (Wildman–Crippen LogP) is 2.11. The van der Waals surface area contributed by atoms with Gasteiger partial charge in [0.15, 0.2) is 0 Å². The second kappa shape index (κ2) is 3.65. The topological polar surface area (TPSA) is 49.8 Å². The van der Waals surface area contributed by atoms with E-state index in [0.717, 1.165) is 0 Å². The summed E-state index contributed by atoms with van der Waals surface area (Å²) in [5, 5.41) is 8.49. The fraction of sp³-hybridized carbons (Fsp3) is 0.125. The average Bonchev–Trinajstić information content (AvgIpc) is 2.08. The molecule has 1 atom stereocenters. The molecular formula is C8H6BrFN2. The van der Waals surface area contributed by atoms with E-state index in [-0.39, 0.29) is 5.82 Å². The third-order valence-corrected chi connectivity index (χ3v) is 2.15. The summed E-state index contributed by atoms with van der Waals surface area (Å²) < 4.78 is 13.3. The summed E-state index contributed by atoms with van der Waals surface area (Å²) >= 11 is 3.17. The van der Waals surface area contributed by atoms with Crippen molar-refractivity contribution in [1.82, 2.24) is 0 Å². The lowest BCUT2D eigenvalue weighted by Crippen LogP contribution is -2.08. The first-order chi connectivity index (χ1) is 5.65. The van der Waals surface area contributed by atoms with Crippen LogP contribution >= 0.6 is 15.9 Å². The highest BCUT2D eigenvalue weighted by Gasteiger charge is 2.08. The van der Waals surface area contributed by atoms with Crippen LogP contribution in [0.3, 0.4) is 0 Å². The zero-order valence-corrected chi connectivity index (χ0v) is 7.68. The Morgan fingerprint density at radius 3 is 2.83 bits per heavy atom. The van der Waals surface area contributed by atoms with Crippen LogP contribution in [0.1, 0.15) is 11.6 Å². The number of hydrogen-bond donors (Lipinski definition) is 1. The number of benzene rings is 1. The number of rotatable bonds is 1. The molecule has 0 saturated heterocycles. The first-order valence-electron chi connectivity index (χ1n) is 3.25. The first kappa shape index (κ1) is 9.17. The van der Waals surface area contributed by atoms with Gasteiger partial charge in [0.2, 0.25) is 0 Å². The smallest absolute Gasteiger partial charge is 0.123 e. The van der Waals surface area contributed by atoms with E-state index in [1.165, 1.54) is 18.2 Å². The summed E-state index contributed by atoms with van der Waals surface area (Å²) in [7, 11) is 0. The fourth-order valence-electron chi connectivity index (χ4n) is 0.822. The summed E-state index contributed by atoms with van der Waals surface area (Å²) in [6, 6.07) is 5.13. The van der Waals surface area contributed by atoms with Crippen molar-refractivity contribution in [2.24, 2.45) is 5.73 Å². The quantitative estimate of drug-likeness (QED) is 0.801. The van der Waals surface area contributed by atoms with Crippen LogP contribution < -0.4 is 5.73 Å². The van der Waals surface area contributed by atoms with Gasteiger partial charge < -0.3 is 5.73 Å². The number of hydrogen-bond acceptors (Lipinski definition) is 2. The summed E-state index contributed by atoms with van der Waals surface area (Å²) in [6.45, 7) is 0. The van der Waals surface area contributed by atoms with E-state index in [4.69, 9.17) is 11.0 Å². The highest BCUT2D eigenvalue weighted by Crippen LogP contribution is 2.22. The number of nitrogens with two attached hydrogens (primary N) is 1. The van der Waals surface area contributed by atoms with Crippen LogP contribution in [0.4, 0.5) is 4.39 Å². The molecule has 62 valence electrons. The molecular weight excluding hydrogens is 223 g/mol. The zero-order valence-electron chi connectivity index (χ0n) is 6.09. The molecule has 0 radical (unpaired) electrons. The highest BCUT2D eigenvalue weighted by atomic mass is 79.9. The normalized spacial score (nSPS) is 12.2. The maximum atomic E-state index is 12.7. The third kappa shape index (κ3) is 1.81. The molecule has 0 bridgehead atoms. The van der Waals surface area contributed by atoms with Crippen molar-refractivity contribution >= 4 is 15.9 Å². The van der Waals surface area contributed by atoms with Crippen molar-refractivity contribution in [3.8, 4) is 6.07 Å². The maximum Gasteiger partial charge on any atom is 0.123 e. The molecule has 0 heterocycles. The Hall–Kier alpha value is -0.920. The van der Waals surface area contributed by atoms with Gasteiger partial charge >= 0.3 is 0 Å². The Bertz CT molecular complexity index is 332. The predicted molar refractivity (Wildman–Crippen MR) is 46.6 cm³/mol. The molecule has 0 amide bonds. The van der Waals surface area contributed by atoms with Crippen LogP contribution in [0, 0.1) is 17.1 Å². The standard InChI is InChI=1S/C8H6BrFN2/c9-7-2-1-5(10)3-6(7)8(12)4-11/h1-3,8H,12H2. The number of nitrogens with zero attached hydrogens (tertiary/aromatic N) is 1. The van der Waals surface area contributed by atoms with Gasteiger partial charge in [0.25, 0.3) is 0 Å². The Labute approximate surface area is 77.9 Å². The van der Waals surface area contributed by atoms with Crippen LogP contribution in [0.15, 0.2) is 22.7 Å². The van der Waals surface area contributed by atoms with Crippen LogP contribution in [0.5, 0.6) is 0 Å². The molecule has 0 fully saturated rings. The lowest BCUT2D eigenvalue weighted by molar-refractivity contribution is 0.624. The summed E-state index contributed by atoms with van der Waals surface area (Å²) in [5.41, 5.74) is 5.88. The minimum absolute atomic E-state index is 0.390. The van der Waals surface area contributed by atoms with Crippen molar-refractivity contribution in [3.63, 3.8) is 0 Å². The Kier molecular flexibility index (Phi) is 2.79. The second-order valence-corrected chi connectivity index (χ2v) is 3.13. The van der Waals surface area contributed by atoms with Crippen LogP contribution in [-0.4, -0.2) is 0 Å². The molecule has 4 heteroatoms. The van der Waals surface area contributed by atoms with Crippen molar-refractivity contribution in [2.45, 2.75) is 6.04 Å². The fourth-order valence-corrected chi connectivity index (χ4v) is 1.32. The van der Waals surface area contributed by atoms with Crippen molar-refractivity contribution in [1.29, 1.82) is 5.26 Å². The van der Waals surface area contributed by atoms with E-state index < -0.39 is 6.04 Å². The van der Waals surface area contributed by atoms with E-state index in [0.29, 0.717) is 10.0 Å². The largest absolute Gasteiger partial charge is 0.312 e. The van der Waals surface area contributed by atoms with Crippen molar-refractivity contribution in [3.05, 3.63) is 34.1 Å². The minimum Gasteiger partial charge on any atom is -0.312 e. The molecule has 1 aromatic rings. The summed E-state index contributed by atoms with van der Waals surface area (Å²) in [4.78, 5) is 0. The average molecular weight is 229 g/mol. The molecule has 1 rings (SSSR count). The van der Waals surface area contributed by atoms with Gasteiger partial charge in [-0.05, 0) is 18.2 Å². The molecule has 0 aliphatic rings. The molecule has 1 aromatic carbocycles. The van der Waals surface area contributed by atoms with E-state index in [1.54, 1.807) is 0 Å². The maximum absolute atomic E-state index is 12.7. The van der Waals surface area contributed by atoms with Gasteiger partial charge in [-0.3, -0.25) is 0 Å². The van der Waals surface area contributed by atoms with Crippen molar-refractivity contribution < 1.29 is 4.39 Å². The molecule has 0 aliphatic heterocycles. The second-order valence-electron chi connectivity index (χ2n) is 2.27. The number of halogens is 2. The lowest BCUT2D eigenvalue weighted by atomic mass is 10.1. The van der Waals surface area contributed by atoms with Crippen LogP contribution in [0.25, 0.3) is 0 Å². The van der Waals surface area contributed by atoms with E-state index in [9.17, 15) is 4.39 Å². The molecule has 0 aromatic heterocycles. The van der Waals surface area contributed by atoms with Crippen LogP contribution in [0.2, 0.25) is 0 Å². The van der Waals surface area contributed by atoms with E-state index in [2.05, 4.69) is 15.9 Å². The van der Waals surface area contributed by atoms with Gasteiger partial charge in [0.1, 0.15) is 11.9 Å². The SMILES string of the molecule is N#CC(N)c1cc(F)ccc1Br. The van der Waals surface area contributed by atoms with Gasteiger partial charge in [-0.25, -0.2) is 4.39 Å². The Morgan fingerprint density at radius 1 is 1.58 bits per heavy atom. The van der Waals surface area contributed by atoms with Gasteiger partial charge in [-0.1, -0.05) is 15.9 Å². The Balaban J connectivity index is 3.15. The number of nitriles is 1. The van der Waals surface area contributed by atoms with Gasteiger partial charge in [-0.15, -0.1) is 0 Å².